The Morgan fingerprint density at radius 2 is 1.65 bits per heavy atom. The van der Waals surface area contributed by atoms with Crippen LogP contribution in [0.3, 0.4) is 0 Å². The topological polar surface area (TPSA) is 40.9 Å². The molecule has 2 aromatic rings. The van der Waals surface area contributed by atoms with Crippen molar-refractivity contribution in [1.29, 1.82) is 5.26 Å². The summed E-state index contributed by atoms with van der Waals surface area (Å²) in [6.07, 6.45) is 0.414. The predicted octanol–water partition coefficient (Wildman–Crippen LogP) is 4.48. The van der Waals surface area contributed by atoms with E-state index in [1.165, 1.54) is 0 Å². The zero-order chi connectivity index (χ0) is 16.7. The van der Waals surface area contributed by atoms with Gasteiger partial charge >= 0.3 is 0 Å². The molecule has 0 saturated heterocycles. The molecule has 2 aromatic carbocycles. The van der Waals surface area contributed by atoms with Crippen LogP contribution in [-0.2, 0) is 0 Å². The molecular weight excluding hydrogens is 282 g/mol. The van der Waals surface area contributed by atoms with Crippen molar-refractivity contribution in [3.63, 3.8) is 0 Å². The van der Waals surface area contributed by atoms with Gasteiger partial charge in [-0.05, 0) is 32.4 Å². The number of nitriles is 1. The zero-order valence-corrected chi connectivity index (χ0v) is 13.4. The molecule has 2 heteroatoms. The Hall–Kier alpha value is -2.84. The van der Waals surface area contributed by atoms with E-state index < -0.39 is 5.41 Å². The first-order valence-corrected chi connectivity index (χ1v) is 7.63. The first kappa shape index (κ1) is 16.5. The Morgan fingerprint density at radius 3 is 2.22 bits per heavy atom. The first-order chi connectivity index (χ1) is 11.0. The molecule has 2 unspecified atom stereocenters. The largest absolute Gasteiger partial charge is 0.292 e. The lowest BCUT2D eigenvalue weighted by molar-refractivity contribution is 0.0860. The quantitative estimate of drug-likeness (QED) is 0.617. The van der Waals surface area contributed by atoms with Gasteiger partial charge in [0.2, 0.25) is 0 Å². The van der Waals surface area contributed by atoms with Crippen LogP contribution in [0.1, 0.15) is 36.2 Å². The molecule has 0 amide bonds. The van der Waals surface area contributed by atoms with Gasteiger partial charge in [0.05, 0.1) is 11.5 Å². The number of nitrogens with zero attached hydrogens (tertiary/aromatic N) is 1. The molecular formula is C21H19NO. The molecule has 0 fully saturated rings. The van der Waals surface area contributed by atoms with E-state index in [9.17, 15) is 4.79 Å². The van der Waals surface area contributed by atoms with Crippen LogP contribution in [-0.4, -0.2) is 5.78 Å². The van der Waals surface area contributed by atoms with Gasteiger partial charge < -0.3 is 0 Å². The second-order valence-electron chi connectivity index (χ2n) is 5.88. The number of Topliss-reactive ketones (excluding diaryl/α,β-unsaturated/α-hetero) is 1. The number of hydrogen-bond acceptors (Lipinski definition) is 2. The summed E-state index contributed by atoms with van der Waals surface area (Å²) in [5.74, 6) is 5.93. The van der Waals surface area contributed by atoms with Gasteiger partial charge in [-0.15, -0.1) is 0 Å². The van der Waals surface area contributed by atoms with Crippen LogP contribution < -0.4 is 0 Å². The van der Waals surface area contributed by atoms with E-state index in [2.05, 4.69) is 17.9 Å². The summed E-state index contributed by atoms with van der Waals surface area (Å²) in [5.41, 5.74) is 0.610. The molecule has 0 heterocycles. The highest BCUT2D eigenvalue weighted by atomic mass is 16.1. The highest BCUT2D eigenvalue weighted by molar-refractivity contribution is 6.02. The Labute approximate surface area is 137 Å². The van der Waals surface area contributed by atoms with E-state index in [0.29, 0.717) is 12.0 Å². The fraction of sp³-hybridized carbons (Fsp3) is 0.238. The molecule has 0 aliphatic rings. The molecule has 0 aromatic heterocycles. The van der Waals surface area contributed by atoms with Crippen LogP contribution in [0.15, 0.2) is 60.7 Å². The smallest absolute Gasteiger partial charge is 0.180 e. The minimum absolute atomic E-state index is 0.0383. The van der Waals surface area contributed by atoms with Crippen molar-refractivity contribution in [2.24, 2.45) is 11.3 Å². The second kappa shape index (κ2) is 7.43. The van der Waals surface area contributed by atoms with Gasteiger partial charge in [0, 0.05) is 17.0 Å². The van der Waals surface area contributed by atoms with E-state index in [4.69, 9.17) is 5.26 Å². The van der Waals surface area contributed by atoms with Gasteiger partial charge in [0.25, 0.3) is 0 Å². The monoisotopic (exact) mass is 301 g/mol. The zero-order valence-electron chi connectivity index (χ0n) is 13.4. The van der Waals surface area contributed by atoms with E-state index in [0.717, 1.165) is 5.56 Å². The van der Waals surface area contributed by atoms with Gasteiger partial charge in [-0.25, -0.2) is 0 Å². The molecule has 23 heavy (non-hydrogen) atoms. The first-order valence-electron chi connectivity index (χ1n) is 7.63. The molecule has 0 aliphatic heterocycles. The summed E-state index contributed by atoms with van der Waals surface area (Å²) in [4.78, 5) is 12.9. The molecule has 2 rings (SSSR count). The predicted molar refractivity (Wildman–Crippen MR) is 91.6 cm³/mol. The van der Waals surface area contributed by atoms with Crippen molar-refractivity contribution in [3.05, 3.63) is 71.8 Å². The average Bonchev–Trinajstić information content (AvgIpc) is 2.61. The second-order valence-corrected chi connectivity index (χ2v) is 5.88. The standard InChI is InChI=1S/C21H19NO/c1-17(16-22)15-21(2,14-13-18-9-5-3-6-10-18)20(23)19-11-7-4-8-12-19/h3-12,17H,15H2,1-2H3. The third-order valence-corrected chi connectivity index (χ3v) is 3.73. The van der Waals surface area contributed by atoms with Crippen LogP contribution in [0.25, 0.3) is 0 Å². The van der Waals surface area contributed by atoms with Crippen LogP contribution in [0.4, 0.5) is 0 Å². The van der Waals surface area contributed by atoms with E-state index in [-0.39, 0.29) is 11.7 Å². The molecule has 0 spiro atoms. The maximum atomic E-state index is 12.9. The average molecular weight is 301 g/mol. The maximum absolute atomic E-state index is 12.9. The van der Waals surface area contributed by atoms with Crippen molar-refractivity contribution in [3.8, 4) is 17.9 Å². The molecule has 0 bridgehead atoms. The number of benzene rings is 2. The third-order valence-electron chi connectivity index (χ3n) is 3.73. The normalized spacial score (nSPS) is 13.8. The molecule has 0 radical (unpaired) electrons. The van der Waals surface area contributed by atoms with Crippen LogP contribution >= 0.6 is 0 Å². The lowest BCUT2D eigenvalue weighted by Crippen LogP contribution is -2.28. The van der Waals surface area contributed by atoms with E-state index in [1.54, 1.807) is 12.1 Å². The van der Waals surface area contributed by atoms with Crippen molar-refractivity contribution in [1.82, 2.24) is 0 Å². The summed E-state index contributed by atoms with van der Waals surface area (Å²) in [7, 11) is 0. The van der Waals surface area contributed by atoms with Gasteiger partial charge in [0.1, 0.15) is 0 Å². The number of rotatable bonds is 4. The van der Waals surface area contributed by atoms with Crippen molar-refractivity contribution >= 4 is 5.78 Å². The molecule has 0 aliphatic carbocycles. The summed E-state index contributed by atoms with van der Waals surface area (Å²) >= 11 is 0. The van der Waals surface area contributed by atoms with E-state index >= 15 is 0 Å². The van der Waals surface area contributed by atoms with Crippen molar-refractivity contribution < 1.29 is 4.79 Å². The van der Waals surface area contributed by atoms with Gasteiger partial charge in [-0.3, -0.25) is 4.79 Å². The van der Waals surface area contributed by atoms with Crippen molar-refractivity contribution in [2.75, 3.05) is 0 Å². The van der Waals surface area contributed by atoms with Crippen LogP contribution in [0.2, 0.25) is 0 Å². The summed E-state index contributed by atoms with van der Waals surface area (Å²) in [6, 6.07) is 20.9. The maximum Gasteiger partial charge on any atom is 0.180 e. The Balaban J connectivity index is 2.39. The molecule has 114 valence electrons. The number of carbonyl (C=O) groups is 1. The minimum atomic E-state index is -0.883. The molecule has 0 N–H and O–H groups in total. The molecule has 2 atom stereocenters. The number of ketones is 1. The SMILES string of the molecule is CC(C#N)CC(C)(C#Cc1ccccc1)C(=O)c1ccccc1. The highest BCUT2D eigenvalue weighted by Gasteiger charge is 2.33. The number of carbonyl (C=O) groups excluding carboxylic acids is 1. The van der Waals surface area contributed by atoms with Crippen LogP contribution in [0, 0.1) is 34.5 Å². The number of hydrogen-bond donors (Lipinski definition) is 0. The Kier molecular flexibility index (Phi) is 5.34. The third kappa shape index (κ3) is 4.31. The lowest BCUT2D eigenvalue weighted by atomic mass is 9.76. The van der Waals surface area contributed by atoms with Crippen molar-refractivity contribution in [2.45, 2.75) is 20.3 Å². The summed E-state index contributed by atoms with van der Waals surface area (Å²) in [6.45, 7) is 3.65. The fourth-order valence-corrected chi connectivity index (χ4v) is 2.50. The molecule has 2 nitrogen and oxygen atoms in total. The van der Waals surface area contributed by atoms with Gasteiger partial charge in [-0.2, -0.15) is 5.26 Å². The summed E-state index contributed by atoms with van der Waals surface area (Å²) < 4.78 is 0. The lowest BCUT2D eigenvalue weighted by Gasteiger charge is -2.23. The molecule has 0 saturated carbocycles. The van der Waals surface area contributed by atoms with Gasteiger partial charge in [0.15, 0.2) is 5.78 Å². The fourth-order valence-electron chi connectivity index (χ4n) is 2.50. The van der Waals surface area contributed by atoms with Gasteiger partial charge in [-0.1, -0.05) is 60.4 Å². The highest BCUT2D eigenvalue weighted by Crippen LogP contribution is 2.30. The summed E-state index contributed by atoms with van der Waals surface area (Å²) in [5, 5.41) is 9.13. The Morgan fingerprint density at radius 1 is 1.09 bits per heavy atom. The van der Waals surface area contributed by atoms with E-state index in [1.807, 2.05) is 62.4 Å². The van der Waals surface area contributed by atoms with Crippen LogP contribution in [0.5, 0.6) is 0 Å². The Bertz CT molecular complexity index is 762. The minimum Gasteiger partial charge on any atom is -0.292 e.